The molecule has 0 radical (unpaired) electrons. The van der Waals surface area contributed by atoms with E-state index in [4.69, 9.17) is 14.7 Å². The van der Waals surface area contributed by atoms with Crippen LogP contribution in [0.5, 0.6) is 0 Å². The van der Waals surface area contributed by atoms with Crippen LogP contribution in [-0.2, 0) is 25.7 Å². The lowest BCUT2D eigenvalue weighted by Crippen LogP contribution is -2.31. The molecule has 4 N–H and O–H groups in total. The van der Waals surface area contributed by atoms with Crippen molar-refractivity contribution in [2.24, 2.45) is 0 Å². The minimum atomic E-state index is -0.614. The van der Waals surface area contributed by atoms with Gasteiger partial charge in [-0.2, -0.15) is 0 Å². The summed E-state index contributed by atoms with van der Waals surface area (Å²) in [6.07, 6.45) is 1.31. The molecule has 3 aromatic rings. The normalized spacial score (nSPS) is 18.9. The number of hydroxylamine groups is 1. The molecule has 0 bridgehead atoms. The van der Waals surface area contributed by atoms with Crippen LogP contribution in [0.4, 0.5) is 5.69 Å². The van der Waals surface area contributed by atoms with Crippen LogP contribution in [0.15, 0.2) is 83.8 Å². The lowest BCUT2D eigenvalue weighted by atomic mass is 10.0. The SMILES string of the molecule is O=C(CCCCC(=O)Nc1cccc([C@@H]2O[C@H](CSc3ccccc3)C[C@H](c3ccc(CO)cc3)O2)c1)NO. The fourth-order valence-electron chi connectivity index (χ4n) is 4.34. The van der Waals surface area contributed by atoms with E-state index in [1.54, 1.807) is 17.2 Å². The van der Waals surface area contributed by atoms with Crippen molar-refractivity contribution in [3.63, 3.8) is 0 Å². The highest BCUT2D eigenvalue weighted by Gasteiger charge is 2.32. The zero-order valence-electron chi connectivity index (χ0n) is 21.6. The summed E-state index contributed by atoms with van der Waals surface area (Å²) in [7, 11) is 0. The van der Waals surface area contributed by atoms with E-state index in [1.807, 2.05) is 66.7 Å². The van der Waals surface area contributed by atoms with Gasteiger partial charge in [0.2, 0.25) is 11.8 Å². The highest BCUT2D eigenvalue weighted by Crippen LogP contribution is 2.39. The van der Waals surface area contributed by atoms with E-state index in [-0.39, 0.29) is 37.6 Å². The third-order valence-electron chi connectivity index (χ3n) is 6.42. The van der Waals surface area contributed by atoms with Gasteiger partial charge in [-0.1, -0.05) is 54.6 Å². The summed E-state index contributed by atoms with van der Waals surface area (Å²) in [5.41, 5.74) is 4.91. The van der Waals surface area contributed by atoms with Crippen LogP contribution < -0.4 is 10.8 Å². The van der Waals surface area contributed by atoms with Crippen LogP contribution in [0.2, 0.25) is 0 Å². The lowest BCUT2D eigenvalue weighted by molar-refractivity contribution is -0.245. The van der Waals surface area contributed by atoms with Gasteiger partial charge in [-0.3, -0.25) is 14.8 Å². The number of unbranched alkanes of at least 4 members (excludes halogenated alkanes) is 1. The van der Waals surface area contributed by atoms with Gasteiger partial charge in [-0.15, -0.1) is 11.8 Å². The molecule has 0 saturated carbocycles. The number of hydrogen-bond donors (Lipinski definition) is 4. The van der Waals surface area contributed by atoms with Crippen molar-refractivity contribution < 1.29 is 29.4 Å². The molecular weight excluding hydrogens is 516 g/mol. The number of nitrogens with one attached hydrogen (secondary N) is 2. The number of hydrogen-bond acceptors (Lipinski definition) is 7. The van der Waals surface area contributed by atoms with Crippen molar-refractivity contribution >= 4 is 29.3 Å². The molecule has 1 heterocycles. The van der Waals surface area contributed by atoms with Gasteiger partial charge in [-0.25, -0.2) is 5.48 Å². The maximum absolute atomic E-state index is 12.4. The van der Waals surface area contributed by atoms with Crippen LogP contribution in [0.1, 0.15) is 61.2 Å². The van der Waals surface area contributed by atoms with E-state index in [0.29, 0.717) is 24.9 Å². The Kier molecular flexibility index (Phi) is 10.9. The van der Waals surface area contributed by atoms with Gasteiger partial charge in [0.1, 0.15) is 0 Å². The lowest BCUT2D eigenvalue weighted by Gasteiger charge is -2.36. The van der Waals surface area contributed by atoms with Crippen molar-refractivity contribution in [2.45, 2.75) is 62.1 Å². The molecule has 0 spiro atoms. The second kappa shape index (κ2) is 14.8. The number of thioether (sulfide) groups is 1. The molecule has 4 rings (SSSR count). The van der Waals surface area contributed by atoms with Crippen molar-refractivity contribution in [3.8, 4) is 0 Å². The number of aliphatic hydroxyl groups excluding tert-OH is 1. The van der Waals surface area contributed by atoms with E-state index in [0.717, 1.165) is 22.4 Å². The molecule has 9 heteroatoms. The molecule has 1 aliphatic rings. The molecule has 206 valence electrons. The fraction of sp³-hybridized carbons (Fsp3) is 0.333. The van der Waals surface area contributed by atoms with Gasteiger partial charge in [0.15, 0.2) is 6.29 Å². The van der Waals surface area contributed by atoms with Crippen molar-refractivity contribution in [2.75, 3.05) is 11.1 Å². The number of carbonyl (C=O) groups excluding carboxylic acids is 2. The zero-order chi connectivity index (χ0) is 27.5. The van der Waals surface area contributed by atoms with Crippen molar-refractivity contribution in [1.82, 2.24) is 5.48 Å². The maximum Gasteiger partial charge on any atom is 0.243 e. The van der Waals surface area contributed by atoms with Crippen LogP contribution in [0.3, 0.4) is 0 Å². The van der Waals surface area contributed by atoms with Crippen LogP contribution in [0.25, 0.3) is 0 Å². The summed E-state index contributed by atoms with van der Waals surface area (Å²) >= 11 is 1.74. The van der Waals surface area contributed by atoms with Gasteiger partial charge in [-0.05, 0) is 48.2 Å². The Bertz CT molecular complexity index is 1210. The van der Waals surface area contributed by atoms with E-state index in [1.165, 1.54) is 4.90 Å². The Balaban J connectivity index is 1.43. The number of anilines is 1. The quantitative estimate of drug-likeness (QED) is 0.102. The Morgan fingerprint density at radius 2 is 1.62 bits per heavy atom. The van der Waals surface area contributed by atoms with Crippen molar-refractivity contribution in [3.05, 3.63) is 95.6 Å². The van der Waals surface area contributed by atoms with E-state index < -0.39 is 12.2 Å². The average molecular weight is 551 g/mol. The Hall–Kier alpha value is -3.21. The molecule has 0 aromatic heterocycles. The summed E-state index contributed by atoms with van der Waals surface area (Å²) in [5.74, 6) is 0.152. The smallest absolute Gasteiger partial charge is 0.243 e. The first-order valence-corrected chi connectivity index (χ1v) is 14.0. The van der Waals surface area contributed by atoms with Gasteiger partial charge in [0.05, 0.1) is 18.8 Å². The molecule has 2 amide bonds. The molecule has 8 nitrogen and oxygen atoms in total. The van der Waals surface area contributed by atoms with Gasteiger partial charge >= 0.3 is 0 Å². The largest absolute Gasteiger partial charge is 0.392 e. The molecule has 39 heavy (non-hydrogen) atoms. The Morgan fingerprint density at radius 3 is 2.33 bits per heavy atom. The number of rotatable bonds is 12. The molecule has 1 fully saturated rings. The Labute approximate surface area is 232 Å². The summed E-state index contributed by atoms with van der Waals surface area (Å²) in [5, 5.41) is 20.9. The summed E-state index contributed by atoms with van der Waals surface area (Å²) in [6, 6.07) is 25.5. The zero-order valence-corrected chi connectivity index (χ0v) is 22.4. The molecular formula is C30H34N2O6S. The summed E-state index contributed by atoms with van der Waals surface area (Å²) in [6.45, 7) is -0.00954. The first-order chi connectivity index (χ1) is 19.0. The standard InChI is InChI=1S/C30H34N2O6S/c33-19-21-13-15-22(16-14-21)27-18-25(20-39-26-9-2-1-3-10-26)37-30(38-27)23-7-6-8-24(17-23)31-28(34)11-4-5-12-29(35)32-36/h1-3,6-10,13-17,25,27,30,33,36H,4-5,11-12,18-20H2,(H,31,34)(H,32,35)/t25-,27+,30+/m0/s1. The number of carbonyl (C=O) groups is 2. The number of aliphatic hydroxyl groups is 1. The summed E-state index contributed by atoms with van der Waals surface area (Å²) < 4.78 is 12.8. The number of benzene rings is 3. The van der Waals surface area contributed by atoms with Crippen LogP contribution in [0, 0.1) is 0 Å². The third kappa shape index (κ3) is 8.91. The average Bonchev–Trinajstić information content (AvgIpc) is 2.98. The summed E-state index contributed by atoms with van der Waals surface area (Å²) in [4.78, 5) is 24.7. The van der Waals surface area contributed by atoms with Gasteiger partial charge < -0.3 is 19.9 Å². The number of ether oxygens (including phenoxy) is 2. The predicted octanol–water partition coefficient (Wildman–Crippen LogP) is 5.52. The van der Waals surface area contributed by atoms with Crippen LogP contribution in [-0.4, -0.2) is 34.0 Å². The number of amides is 2. The monoisotopic (exact) mass is 550 g/mol. The maximum atomic E-state index is 12.4. The molecule has 1 saturated heterocycles. The van der Waals surface area contributed by atoms with E-state index in [2.05, 4.69) is 17.4 Å². The topological polar surface area (TPSA) is 117 Å². The molecule has 3 atom stereocenters. The second-order valence-corrected chi connectivity index (χ2v) is 10.5. The molecule has 1 aliphatic heterocycles. The third-order valence-corrected chi connectivity index (χ3v) is 7.56. The minimum Gasteiger partial charge on any atom is -0.392 e. The Morgan fingerprint density at radius 1 is 0.872 bits per heavy atom. The minimum absolute atomic E-state index is 0.00954. The molecule has 0 aliphatic carbocycles. The van der Waals surface area contributed by atoms with E-state index >= 15 is 0 Å². The highest BCUT2D eigenvalue weighted by atomic mass is 32.2. The predicted molar refractivity (Wildman–Crippen MR) is 149 cm³/mol. The van der Waals surface area contributed by atoms with Gasteiger partial charge in [0.25, 0.3) is 0 Å². The second-order valence-electron chi connectivity index (χ2n) is 9.39. The fourth-order valence-corrected chi connectivity index (χ4v) is 5.28. The molecule has 0 unspecified atom stereocenters. The first-order valence-electron chi connectivity index (χ1n) is 13.0. The van der Waals surface area contributed by atoms with Crippen LogP contribution >= 0.6 is 11.8 Å². The first kappa shape index (κ1) is 28.8. The highest BCUT2D eigenvalue weighted by molar-refractivity contribution is 7.99. The molecule has 3 aromatic carbocycles. The van der Waals surface area contributed by atoms with E-state index in [9.17, 15) is 14.7 Å². The van der Waals surface area contributed by atoms with Gasteiger partial charge in [0, 0.05) is 41.2 Å². The van der Waals surface area contributed by atoms with Crippen molar-refractivity contribution in [1.29, 1.82) is 0 Å².